The van der Waals surface area contributed by atoms with Gasteiger partial charge in [-0.05, 0) is 6.07 Å². The van der Waals surface area contributed by atoms with E-state index >= 15 is 0 Å². The third kappa shape index (κ3) is 3.04. The monoisotopic (exact) mass is 291 g/mol. The minimum Gasteiger partial charge on any atom is -0.485 e. The number of nitrogens with zero attached hydrogens (tertiary/aromatic N) is 1. The van der Waals surface area contributed by atoms with Gasteiger partial charge in [-0.15, -0.1) is 0 Å². The molecule has 0 atom stereocenters. The maximum Gasteiger partial charge on any atom is 0.248 e. The van der Waals surface area contributed by atoms with Gasteiger partial charge >= 0.3 is 0 Å². The van der Waals surface area contributed by atoms with Gasteiger partial charge in [0.2, 0.25) is 5.91 Å². The van der Waals surface area contributed by atoms with Crippen LogP contribution in [0.1, 0.15) is 18.4 Å². The zero-order chi connectivity index (χ0) is 14.7. The Hall–Kier alpha value is -1.59. The lowest BCUT2D eigenvalue weighted by molar-refractivity contribution is -0.140. The maximum absolute atomic E-state index is 12.3. The highest BCUT2D eigenvalue weighted by Gasteiger charge is 2.40. The van der Waals surface area contributed by atoms with Gasteiger partial charge in [0.1, 0.15) is 18.0 Å². The normalized spacial score (nSPS) is 20.5. The van der Waals surface area contributed by atoms with Gasteiger partial charge in [0.05, 0.1) is 19.8 Å². The van der Waals surface area contributed by atoms with Gasteiger partial charge in [0.15, 0.2) is 0 Å². The van der Waals surface area contributed by atoms with Crippen LogP contribution < -0.4 is 4.74 Å². The largest absolute Gasteiger partial charge is 0.485 e. The highest BCUT2D eigenvalue weighted by molar-refractivity contribution is 5.77. The summed E-state index contributed by atoms with van der Waals surface area (Å²) in [5.74, 6) is 0.885. The summed E-state index contributed by atoms with van der Waals surface area (Å²) in [6, 6.07) is 7.94. The molecular formula is C16H21NO4. The molecule has 114 valence electrons. The smallest absolute Gasteiger partial charge is 0.248 e. The van der Waals surface area contributed by atoms with Crippen molar-refractivity contribution >= 4 is 5.91 Å². The first-order chi connectivity index (χ1) is 10.2. The van der Waals surface area contributed by atoms with E-state index in [0.29, 0.717) is 26.3 Å². The molecular weight excluding hydrogens is 270 g/mol. The molecule has 0 aliphatic carbocycles. The molecule has 21 heavy (non-hydrogen) atoms. The molecule has 1 aromatic carbocycles. The Kier molecular flexibility index (Phi) is 4.12. The lowest BCUT2D eigenvalue weighted by atomic mass is 9.93. The van der Waals surface area contributed by atoms with Gasteiger partial charge in [-0.2, -0.15) is 0 Å². The van der Waals surface area contributed by atoms with E-state index in [0.717, 1.165) is 24.2 Å². The van der Waals surface area contributed by atoms with Gasteiger partial charge in [0, 0.05) is 32.1 Å². The Labute approximate surface area is 124 Å². The van der Waals surface area contributed by atoms with Crippen LogP contribution in [0.3, 0.4) is 0 Å². The Balaban J connectivity index is 1.91. The van der Waals surface area contributed by atoms with Crippen molar-refractivity contribution < 1.29 is 19.0 Å². The minimum atomic E-state index is -0.339. The maximum atomic E-state index is 12.3. The molecule has 0 aromatic heterocycles. The first-order valence-electron chi connectivity index (χ1n) is 7.34. The SMILES string of the molecule is COCC(=O)N1Cc2ccccc2OC2(CCOCC2)C1. The fourth-order valence-electron chi connectivity index (χ4n) is 3.00. The molecule has 5 nitrogen and oxygen atoms in total. The second kappa shape index (κ2) is 6.03. The summed E-state index contributed by atoms with van der Waals surface area (Å²) < 4.78 is 16.8. The van der Waals surface area contributed by atoms with Crippen molar-refractivity contribution in [3.8, 4) is 5.75 Å². The van der Waals surface area contributed by atoms with Crippen LogP contribution >= 0.6 is 0 Å². The summed E-state index contributed by atoms with van der Waals surface area (Å²) >= 11 is 0. The summed E-state index contributed by atoms with van der Waals surface area (Å²) in [5.41, 5.74) is 0.708. The number of hydrogen-bond donors (Lipinski definition) is 0. The molecule has 1 spiro atoms. The molecule has 5 heteroatoms. The lowest BCUT2D eigenvalue weighted by Crippen LogP contribution is -2.51. The predicted molar refractivity (Wildman–Crippen MR) is 77.1 cm³/mol. The van der Waals surface area contributed by atoms with Crippen LogP contribution in [0.5, 0.6) is 5.75 Å². The van der Waals surface area contributed by atoms with E-state index in [1.54, 1.807) is 7.11 Å². The number of carbonyl (C=O) groups is 1. The van der Waals surface area contributed by atoms with Crippen LogP contribution in [-0.4, -0.2) is 49.9 Å². The molecule has 2 heterocycles. The van der Waals surface area contributed by atoms with Crippen molar-refractivity contribution in [3.05, 3.63) is 29.8 Å². The summed E-state index contributed by atoms with van der Waals surface area (Å²) in [6.45, 7) is 2.62. The molecule has 1 saturated heterocycles. The Morgan fingerprint density at radius 1 is 1.33 bits per heavy atom. The van der Waals surface area contributed by atoms with Gasteiger partial charge in [-0.3, -0.25) is 4.79 Å². The van der Waals surface area contributed by atoms with Crippen molar-refractivity contribution in [1.29, 1.82) is 0 Å². The molecule has 1 amide bonds. The molecule has 0 unspecified atom stereocenters. The first kappa shape index (κ1) is 14.4. The van der Waals surface area contributed by atoms with Crippen LogP contribution in [0.2, 0.25) is 0 Å². The number of carbonyl (C=O) groups excluding carboxylic acids is 1. The van der Waals surface area contributed by atoms with E-state index in [-0.39, 0.29) is 18.1 Å². The first-order valence-corrected chi connectivity index (χ1v) is 7.34. The van der Waals surface area contributed by atoms with E-state index < -0.39 is 0 Å². The topological polar surface area (TPSA) is 48.0 Å². The van der Waals surface area contributed by atoms with Crippen LogP contribution in [0.25, 0.3) is 0 Å². The highest BCUT2D eigenvalue weighted by atomic mass is 16.5. The fourth-order valence-corrected chi connectivity index (χ4v) is 3.00. The average molecular weight is 291 g/mol. The van der Waals surface area contributed by atoms with Crippen LogP contribution in [0.15, 0.2) is 24.3 Å². The number of fused-ring (bicyclic) bond motifs is 1. The quantitative estimate of drug-likeness (QED) is 0.830. The zero-order valence-corrected chi connectivity index (χ0v) is 12.3. The second-order valence-corrected chi connectivity index (χ2v) is 5.69. The third-order valence-corrected chi connectivity index (χ3v) is 4.16. The van der Waals surface area contributed by atoms with Crippen molar-refractivity contribution in [2.24, 2.45) is 0 Å². The van der Waals surface area contributed by atoms with Crippen LogP contribution in [0, 0.1) is 0 Å². The number of hydrogen-bond acceptors (Lipinski definition) is 4. The van der Waals surface area contributed by atoms with Crippen LogP contribution in [-0.2, 0) is 20.8 Å². The van der Waals surface area contributed by atoms with E-state index in [1.807, 2.05) is 29.2 Å². The summed E-state index contributed by atoms with van der Waals surface area (Å²) in [5, 5.41) is 0. The minimum absolute atomic E-state index is 0.00340. The zero-order valence-electron chi connectivity index (χ0n) is 12.3. The van der Waals surface area contributed by atoms with Gasteiger partial charge in [-0.1, -0.05) is 18.2 Å². The highest BCUT2D eigenvalue weighted by Crippen LogP contribution is 2.34. The Morgan fingerprint density at radius 3 is 2.86 bits per heavy atom. The van der Waals surface area contributed by atoms with Crippen LogP contribution in [0.4, 0.5) is 0 Å². The number of methoxy groups -OCH3 is 1. The molecule has 1 aromatic rings. The third-order valence-electron chi connectivity index (χ3n) is 4.16. The number of ether oxygens (including phenoxy) is 3. The number of para-hydroxylation sites is 1. The lowest BCUT2D eigenvalue weighted by Gasteiger charge is -2.38. The molecule has 0 saturated carbocycles. The second-order valence-electron chi connectivity index (χ2n) is 5.69. The van der Waals surface area contributed by atoms with Gasteiger partial charge in [0.25, 0.3) is 0 Å². The molecule has 0 N–H and O–H groups in total. The molecule has 3 rings (SSSR count). The molecule has 2 aliphatic heterocycles. The van der Waals surface area contributed by atoms with E-state index in [9.17, 15) is 4.79 Å². The van der Waals surface area contributed by atoms with Crippen molar-refractivity contribution in [3.63, 3.8) is 0 Å². The number of rotatable bonds is 2. The number of benzene rings is 1. The average Bonchev–Trinajstić information content (AvgIpc) is 2.65. The summed E-state index contributed by atoms with van der Waals surface area (Å²) in [6.07, 6.45) is 1.61. The molecule has 0 radical (unpaired) electrons. The van der Waals surface area contributed by atoms with E-state index in [4.69, 9.17) is 14.2 Å². The Morgan fingerprint density at radius 2 is 2.10 bits per heavy atom. The van der Waals surface area contributed by atoms with Crippen molar-refractivity contribution in [1.82, 2.24) is 4.90 Å². The molecule has 2 aliphatic rings. The molecule has 0 bridgehead atoms. The fraction of sp³-hybridized carbons (Fsp3) is 0.562. The standard InChI is InChI=1S/C16H21NO4/c1-19-11-15(18)17-10-13-4-2-3-5-14(13)21-16(12-17)6-8-20-9-7-16/h2-5H,6-12H2,1H3. The molecule has 1 fully saturated rings. The predicted octanol–water partition coefficient (Wildman–Crippen LogP) is 1.60. The Bertz CT molecular complexity index is 511. The van der Waals surface area contributed by atoms with Crippen molar-refractivity contribution in [2.75, 3.05) is 33.5 Å². The van der Waals surface area contributed by atoms with Crippen molar-refractivity contribution in [2.45, 2.75) is 25.0 Å². The summed E-state index contributed by atoms with van der Waals surface area (Å²) in [7, 11) is 1.55. The number of amides is 1. The summed E-state index contributed by atoms with van der Waals surface area (Å²) in [4.78, 5) is 14.1. The van der Waals surface area contributed by atoms with Gasteiger partial charge < -0.3 is 19.1 Å². The van der Waals surface area contributed by atoms with E-state index in [2.05, 4.69) is 0 Å². The van der Waals surface area contributed by atoms with E-state index in [1.165, 1.54) is 0 Å². The van der Waals surface area contributed by atoms with Gasteiger partial charge in [-0.25, -0.2) is 0 Å².